The minimum absolute atomic E-state index is 0.579. The van der Waals surface area contributed by atoms with E-state index < -0.39 is 0 Å². The number of benzene rings is 8. The predicted octanol–water partition coefficient (Wildman–Crippen LogP) is 11.7. The van der Waals surface area contributed by atoms with E-state index in [2.05, 4.69) is 140 Å². The molecule has 8 aromatic carbocycles. The normalized spacial score (nSPS) is 11.5. The van der Waals surface area contributed by atoms with Crippen molar-refractivity contribution in [2.24, 2.45) is 0 Å². The van der Waals surface area contributed by atoms with E-state index >= 15 is 0 Å². The van der Waals surface area contributed by atoms with Crippen LogP contribution < -0.4 is 0 Å². The van der Waals surface area contributed by atoms with E-state index in [1.165, 1.54) is 70.9 Å². The molecule has 0 atom stereocenters. The summed E-state index contributed by atoms with van der Waals surface area (Å²) in [5, 5.41) is 18.0. The predicted molar refractivity (Wildman–Crippen MR) is 185 cm³/mol. The molecule has 0 aromatic heterocycles. The van der Waals surface area contributed by atoms with Gasteiger partial charge in [0.2, 0.25) is 0 Å². The van der Waals surface area contributed by atoms with E-state index in [1.54, 1.807) is 0 Å². The van der Waals surface area contributed by atoms with Crippen LogP contribution in [0, 0.1) is 5.41 Å². The summed E-state index contributed by atoms with van der Waals surface area (Å²) in [6.45, 7) is 1.83. The van der Waals surface area contributed by atoms with Crippen LogP contribution in [0.1, 0.15) is 12.5 Å². The van der Waals surface area contributed by atoms with Gasteiger partial charge in [-0.05, 0) is 107 Å². The van der Waals surface area contributed by atoms with Gasteiger partial charge in [0.1, 0.15) is 0 Å². The lowest BCUT2D eigenvalue weighted by atomic mass is 9.84. The summed E-state index contributed by atoms with van der Waals surface area (Å²) in [4.78, 5) is 0. The molecule has 1 N–H and O–H groups in total. The molecular weight excluding hydrogens is 518 g/mol. The van der Waals surface area contributed by atoms with Crippen LogP contribution in [-0.4, -0.2) is 5.71 Å². The van der Waals surface area contributed by atoms with Crippen LogP contribution in [0.2, 0.25) is 0 Å². The van der Waals surface area contributed by atoms with Gasteiger partial charge >= 0.3 is 0 Å². The maximum absolute atomic E-state index is 8.03. The lowest BCUT2D eigenvalue weighted by Gasteiger charge is -2.19. The number of hydrogen-bond acceptors (Lipinski definition) is 1. The maximum Gasteiger partial charge on any atom is 0.0355 e. The summed E-state index contributed by atoms with van der Waals surface area (Å²) in [6.07, 6.45) is 0. The van der Waals surface area contributed by atoms with Crippen LogP contribution in [0.15, 0.2) is 152 Å². The fourth-order valence-corrected chi connectivity index (χ4v) is 6.58. The Morgan fingerprint density at radius 3 is 1.37 bits per heavy atom. The molecule has 8 aromatic rings. The molecule has 0 aliphatic rings. The molecular formula is C42H29N. The highest BCUT2D eigenvalue weighted by molar-refractivity contribution is 6.22. The second kappa shape index (κ2) is 10.1. The molecule has 0 aliphatic carbocycles. The van der Waals surface area contributed by atoms with Crippen LogP contribution in [-0.2, 0) is 0 Å². The Morgan fingerprint density at radius 1 is 0.372 bits per heavy atom. The van der Waals surface area contributed by atoms with Crippen molar-refractivity contribution in [2.75, 3.05) is 0 Å². The molecule has 1 nitrogen and oxygen atoms in total. The first-order valence-electron chi connectivity index (χ1n) is 14.8. The fourth-order valence-electron chi connectivity index (χ4n) is 6.58. The second-order valence-electron chi connectivity index (χ2n) is 11.4. The Hall–Kier alpha value is -5.53. The van der Waals surface area contributed by atoms with Crippen molar-refractivity contribution >= 4 is 48.8 Å². The summed E-state index contributed by atoms with van der Waals surface area (Å²) >= 11 is 0. The molecule has 0 radical (unpaired) electrons. The van der Waals surface area contributed by atoms with Crippen molar-refractivity contribution in [1.82, 2.24) is 0 Å². The molecule has 0 saturated heterocycles. The highest BCUT2D eigenvalue weighted by atomic mass is 14.4. The van der Waals surface area contributed by atoms with E-state index in [4.69, 9.17) is 5.41 Å². The first-order valence-corrected chi connectivity index (χ1v) is 14.8. The van der Waals surface area contributed by atoms with Crippen molar-refractivity contribution < 1.29 is 0 Å². The highest BCUT2D eigenvalue weighted by Gasteiger charge is 2.18. The molecule has 0 heterocycles. The average Bonchev–Trinajstić information content (AvgIpc) is 3.06. The van der Waals surface area contributed by atoms with Gasteiger partial charge in [-0.15, -0.1) is 0 Å². The van der Waals surface area contributed by atoms with Crippen molar-refractivity contribution in [2.45, 2.75) is 6.92 Å². The van der Waals surface area contributed by atoms with Gasteiger partial charge in [0, 0.05) is 5.71 Å². The van der Waals surface area contributed by atoms with E-state index in [-0.39, 0.29) is 0 Å². The maximum atomic E-state index is 8.03. The summed E-state index contributed by atoms with van der Waals surface area (Å²) in [7, 11) is 0. The van der Waals surface area contributed by atoms with Crippen LogP contribution in [0.5, 0.6) is 0 Å². The largest absolute Gasteiger partial charge is 0.305 e. The van der Waals surface area contributed by atoms with Crippen molar-refractivity contribution in [3.8, 4) is 33.4 Å². The molecule has 0 saturated carbocycles. The second-order valence-corrected chi connectivity index (χ2v) is 11.4. The number of hydrogen-bond donors (Lipinski definition) is 1. The minimum Gasteiger partial charge on any atom is -0.305 e. The Morgan fingerprint density at radius 2 is 0.814 bits per heavy atom. The van der Waals surface area contributed by atoms with Crippen LogP contribution in [0.4, 0.5) is 0 Å². The molecule has 0 aliphatic heterocycles. The molecule has 0 unspecified atom stereocenters. The first kappa shape index (κ1) is 25.2. The van der Waals surface area contributed by atoms with Gasteiger partial charge in [-0.3, -0.25) is 0 Å². The third-order valence-corrected chi connectivity index (χ3v) is 8.75. The number of rotatable bonds is 4. The zero-order valence-electron chi connectivity index (χ0n) is 23.9. The van der Waals surface area contributed by atoms with E-state index in [0.717, 1.165) is 11.1 Å². The zero-order chi connectivity index (χ0) is 28.9. The van der Waals surface area contributed by atoms with Crippen molar-refractivity contribution in [1.29, 1.82) is 5.41 Å². The molecule has 0 spiro atoms. The third-order valence-electron chi connectivity index (χ3n) is 8.75. The van der Waals surface area contributed by atoms with E-state index in [1.807, 2.05) is 19.1 Å². The van der Waals surface area contributed by atoms with E-state index in [9.17, 15) is 0 Å². The quantitative estimate of drug-likeness (QED) is 0.167. The fraction of sp³-hybridized carbons (Fsp3) is 0.0238. The molecule has 0 bridgehead atoms. The highest BCUT2D eigenvalue weighted by Crippen LogP contribution is 2.45. The van der Waals surface area contributed by atoms with Crippen molar-refractivity contribution in [3.05, 3.63) is 157 Å². The van der Waals surface area contributed by atoms with Crippen LogP contribution in [0.3, 0.4) is 0 Å². The third kappa shape index (κ3) is 4.29. The topological polar surface area (TPSA) is 23.9 Å². The lowest BCUT2D eigenvalue weighted by molar-refractivity contribution is 1.45. The summed E-state index contributed by atoms with van der Waals surface area (Å²) in [5.41, 5.74) is 8.82. The Balaban J connectivity index is 1.47. The van der Waals surface area contributed by atoms with Gasteiger partial charge < -0.3 is 5.41 Å². The molecule has 202 valence electrons. The van der Waals surface area contributed by atoms with Gasteiger partial charge in [0.15, 0.2) is 0 Å². The number of nitrogens with one attached hydrogen (secondary N) is 1. The van der Waals surface area contributed by atoms with Crippen LogP contribution >= 0.6 is 0 Å². The summed E-state index contributed by atoms with van der Waals surface area (Å²) < 4.78 is 0. The molecule has 8 rings (SSSR count). The smallest absolute Gasteiger partial charge is 0.0355 e. The standard InChI is InChI=1S/C42H29N/c1-27(43)28-14-16-31(17-15-28)34-22-23-39-40(26-34)42(36-21-19-30-9-3-5-11-33(30)25-36)38-13-7-6-12-37(38)41(39)35-20-18-29-8-2-4-10-32(29)24-35/h2-26,43H,1H3. The molecule has 0 fully saturated rings. The molecule has 43 heavy (non-hydrogen) atoms. The first-order chi connectivity index (χ1) is 21.1. The Labute approximate surface area is 251 Å². The summed E-state index contributed by atoms with van der Waals surface area (Å²) in [6, 6.07) is 55.0. The van der Waals surface area contributed by atoms with Gasteiger partial charge in [-0.2, -0.15) is 0 Å². The van der Waals surface area contributed by atoms with Gasteiger partial charge in [0.05, 0.1) is 0 Å². The van der Waals surface area contributed by atoms with E-state index in [0.29, 0.717) is 5.71 Å². The SMILES string of the molecule is CC(=N)c1ccc(-c2ccc3c(-c4ccc5ccccc5c4)c4ccccc4c(-c4ccc5ccccc5c4)c3c2)cc1. The van der Waals surface area contributed by atoms with Gasteiger partial charge in [-0.1, -0.05) is 133 Å². The van der Waals surface area contributed by atoms with Gasteiger partial charge in [0.25, 0.3) is 0 Å². The molecule has 0 amide bonds. The zero-order valence-corrected chi connectivity index (χ0v) is 23.9. The Kier molecular flexibility index (Phi) is 5.91. The van der Waals surface area contributed by atoms with Gasteiger partial charge in [-0.25, -0.2) is 0 Å². The summed E-state index contributed by atoms with van der Waals surface area (Å²) in [5.74, 6) is 0. The van der Waals surface area contributed by atoms with Crippen LogP contribution in [0.25, 0.3) is 76.5 Å². The monoisotopic (exact) mass is 547 g/mol. The lowest BCUT2D eigenvalue weighted by Crippen LogP contribution is -1.93. The average molecular weight is 548 g/mol. The minimum atomic E-state index is 0.579. The van der Waals surface area contributed by atoms with Crippen molar-refractivity contribution in [3.63, 3.8) is 0 Å². The molecule has 1 heteroatoms. The Bertz CT molecular complexity index is 2360. The number of fused-ring (bicyclic) bond motifs is 4.